The summed E-state index contributed by atoms with van der Waals surface area (Å²) in [5.74, 6) is 0.680. The second-order valence-electron chi connectivity index (χ2n) is 4.07. The van der Waals surface area contributed by atoms with E-state index in [1.807, 2.05) is 12.1 Å². The molecule has 0 unspecified atom stereocenters. The molecule has 0 aliphatic rings. The van der Waals surface area contributed by atoms with Gasteiger partial charge in [0, 0.05) is 18.8 Å². The van der Waals surface area contributed by atoms with Gasteiger partial charge in [0.25, 0.3) is 0 Å². The van der Waals surface area contributed by atoms with E-state index in [0.29, 0.717) is 24.5 Å². The number of nitrogens with zero attached hydrogens (tertiary/aromatic N) is 2. The van der Waals surface area contributed by atoms with Crippen molar-refractivity contribution in [2.45, 2.75) is 13.0 Å². The van der Waals surface area contributed by atoms with Crippen molar-refractivity contribution in [1.82, 2.24) is 4.57 Å². The van der Waals surface area contributed by atoms with Gasteiger partial charge in [-0.15, -0.1) is 0 Å². The molecule has 0 bridgehead atoms. The molecular weight excluding hydrogens is 240 g/mol. The maximum Gasteiger partial charge on any atom is 0.250 e. The van der Waals surface area contributed by atoms with Gasteiger partial charge in [-0.25, -0.2) is 0 Å². The topological polar surface area (TPSA) is 55.0 Å². The number of pyridine rings is 1. The molecule has 2 rings (SSSR count). The van der Waals surface area contributed by atoms with E-state index < -0.39 is 0 Å². The number of rotatable bonds is 5. The molecule has 0 aliphatic heterocycles. The third-order valence-corrected chi connectivity index (χ3v) is 2.67. The fourth-order valence-electron chi connectivity index (χ4n) is 1.73. The van der Waals surface area contributed by atoms with Gasteiger partial charge in [-0.05, 0) is 30.7 Å². The van der Waals surface area contributed by atoms with Crippen LogP contribution in [0.5, 0.6) is 5.75 Å². The Hall–Kier alpha value is -2.54. The molecule has 96 valence electrons. The van der Waals surface area contributed by atoms with Crippen molar-refractivity contribution in [2.75, 3.05) is 6.61 Å². The number of ether oxygens (including phenoxy) is 1. The van der Waals surface area contributed by atoms with Crippen molar-refractivity contribution in [3.8, 4) is 11.8 Å². The molecule has 4 heteroatoms. The van der Waals surface area contributed by atoms with E-state index in [2.05, 4.69) is 6.07 Å². The number of nitriles is 1. The fraction of sp³-hybridized carbons (Fsp3) is 0.200. The minimum atomic E-state index is -0.00558. The van der Waals surface area contributed by atoms with Gasteiger partial charge in [0.05, 0.1) is 18.2 Å². The number of benzene rings is 1. The van der Waals surface area contributed by atoms with E-state index >= 15 is 0 Å². The van der Waals surface area contributed by atoms with Gasteiger partial charge in [0.15, 0.2) is 0 Å². The van der Waals surface area contributed by atoms with E-state index in [4.69, 9.17) is 10.00 Å². The van der Waals surface area contributed by atoms with Crippen LogP contribution in [0.4, 0.5) is 0 Å². The lowest BCUT2D eigenvalue weighted by Gasteiger charge is -2.07. The Labute approximate surface area is 111 Å². The normalized spacial score (nSPS) is 9.84. The molecule has 0 N–H and O–H groups in total. The summed E-state index contributed by atoms with van der Waals surface area (Å²) in [5, 5.41) is 8.77. The second kappa shape index (κ2) is 6.41. The molecule has 0 spiro atoms. The van der Waals surface area contributed by atoms with Crippen LogP contribution in [0.25, 0.3) is 0 Å². The molecule has 0 amide bonds. The zero-order valence-electron chi connectivity index (χ0n) is 10.5. The smallest absolute Gasteiger partial charge is 0.250 e. The first kappa shape index (κ1) is 12.9. The maximum absolute atomic E-state index is 11.5. The molecule has 0 saturated heterocycles. The van der Waals surface area contributed by atoms with Gasteiger partial charge in [0.2, 0.25) is 5.56 Å². The quantitative estimate of drug-likeness (QED) is 0.768. The molecule has 1 heterocycles. The van der Waals surface area contributed by atoms with Crippen molar-refractivity contribution in [3.05, 3.63) is 64.6 Å². The molecule has 0 fully saturated rings. The molecular formula is C15H14N2O2. The van der Waals surface area contributed by atoms with Crippen LogP contribution in [-0.2, 0) is 6.54 Å². The van der Waals surface area contributed by atoms with Crippen LogP contribution >= 0.6 is 0 Å². The standard InChI is InChI=1S/C15H14N2O2/c16-12-13-5-3-6-14(11-13)19-10-4-9-17-8-2-1-7-15(17)18/h1-3,5-8,11H,4,9-10H2. The molecule has 2 aromatic rings. The molecule has 0 saturated carbocycles. The van der Waals surface area contributed by atoms with Crippen molar-refractivity contribution in [3.63, 3.8) is 0 Å². The molecule has 0 atom stereocenters. The van der Waals surface area contributed by atoms with Crippen LogP contribution in [0.2, 0.25) is 0 Å². The maximum atomic E-state index is 11.5. The summed E-state index contributed by atoms with van der Waals surface area (Å²) >= 11 is 0. The number of hydrogen-bond acceptors (Lipinski definition) is 3. The summed E-state index contributed by atoms with van der Waals surface area (Å²) in [6.45, 7) is 1.13. The number of aromatic nitrogens is 1. The van der Waals surface area contributed by atoms with Crippen LogP contribution in [0.1, 0.15) is 12.0 Å². The largest absolute Gasteiger partial charge is 0.493 e. The Balaban J connectivity index is 1.83. The zero-order valence-corrected chi connectivity index (χ0v) is 10.5. The average Bonchev–Trinajstić information content (AvgIpc) is 2.45. The number of aryl methyl sites for hydroxylation is 1. The summed E-state index contributed by atoms with van der Waals surface area (Å²) in [5.41, 5.74) is 0.575. The minimum absolute atomic E-state index is 0.00558. The Kier molecular flexibility index (Phi) is 4.35. The zero-order chi connectivity index (χ0) is 13.5. The highest BCUT2D eigenvalue weighted by Gasteiger charge is 1.97. The monoisotopic (exact) mass is 254 g/mol. The van der Waals surface area contributed by atoms with Gasteiger partial charge < -0.3 is 9.30 Å². The van der Waals surface area contributed by atoms with Crippen LogP contribution in [0.3, 0.4) is 0 Å². The minimum Gasteiger partial charge on any atom is -0.493 e. The van der Waals surface area contributed by atoms with Crippen molar-refractivity contribution in [1.29, 1.82) is 5.26 Å². The lowest BCUT2D eigenvalue weighted by molar-refractivity contribution is 0.301. The highest BCUT2D eigenvalue weighted by atomic mass is 16.5. The predicted octanol–water partition coefficient (Wildman–Crippen LogP) is 2.19. The van der Waals surface area contributed by atoms with Gasteiger partial charge in [-0.2, -0.15) is 5.26 Å². The van der Waals surface area contributed by atoms with E-state index in [1.54, 1.807) is 35.0 Å². The predicted molar refractivity (Wildman–Crippen MR) is 72.0 cm³/mol. The van der Waals surface area contributed by atoms with Crippen LogP contribution in [-0.4, -0.2) is 11.2 Å². The first-order chi connectivity index (χ1) is 9.29. The SMILES string of the molecule is N#Cc1cccc(OCCCn2ccccc2=O)c1. The van der Waals surface area contributed by atoms with Crippen molar-refractivity contribution >= 4 is 0 Å². The third kappa shape index (κ3) is 3.71. The Morgan fingerprint density at radius 1 is 1.21 bits per heavy atom. The highest BCUT2D eigenvalue weighted by molar-refractivity contribution is 5.36. The molecule has 0 radical (unpaired) electrons. The summed E-state index contributed by atoms with van der Waals surface area (Å²) in [7, 11) is 0. The molecule has 4 nitrogen and oxygen atoms in total. The van der Waals surface area contributed by atoms with Crippen LogP contribution in [0, 0.1) is 11.3 Å². The lowest BCUT2D eigenvalue weighted by atomic mass is 10.2. The van der Waals surface area contributed by atoms with Gasteiger partial charge in [-0.1, -0.05) is 12.1 Å². The molecule has 0 aliphatic carbocycles. The van der Waals surface area contributed by atoms with Crippen LogP contribution < -0.4 is 10.3 Å². The van der Waals surface area contributed by atoms with E-state index in [0.717, 1.165) is 6.42 Å². The average molecular weight is 254 g/mol. The molecule has 1 aromatic carbocycles. The van der Waals surface area contributed by atoms with Crippen molar-refractivity contribution in [2.24, 2.45) is 0 Å². The van der Waals surface area contributed by atoms with Crippen LogP contribution in [0.15, 0.2) is 53.5 Å². The first-order valence-electron chi connectivity index (χ1n) is 6.08. The summed E-state index contributed by atoms with van der Waals surface area (Å²) in [4.78, 5) is 11.5. The molecule has 19 heavy (non-hydrogen) atoms. The lowest BCUT2D eigenvalue weighted by Crippen LogP contribution is -2.18. The van der Waals surface area contributed by atoms with Gasteiger partial charge in [0.1, 0.15) is 5.75 Å². The second-order valence-corrected chi connectivity index (χ2v) is 4.07. The fourth-order valence-corrected chi connectivity index (χ4v) is 1.73. The van der Waals surface area contributed by atoms with Gasteiger partial charge in [-0.3, -0.25) is 4.79 Å². The molecule has 1 aromatic heterocycles. The van der Waals surface area contributed by atoms with E-state index in [1.165, 1.54) is 6.07 Å². The Morgan fingerprint density at radius 2 is 2.11 bits per heavy atom. The van der Waals surface area contributed by atoms with E-state index in [9.17, 15) is 4.79 Å². The third-order valence-electron chi connectivity index (χ3n) is 2.67. The first-order valence-corrected chi connectivity index (χ1v) is 6.08. The summed E-state index contributed by atoms with van der Waals surface area (Å²) in [6, 6.07) is 14.2. The number of hydrogen-bond donors (Lipinski definition) is 0. The Bertz CT molecular complexity index is 641. The highest BCUT2D eigenvalue weighted by Crippen LogP contribution is 2.12. The van der Waals surface area contributed by atoms with Gasteiger partial charge >= 0.3 is 0 Å². The van der Waals surface area contributed by atoms with Crippen molar-refractivity contribution < 1.29 is 4.74 Å². The summed E-state index contributed by atoms with van der Waals surface area (Å²) in [6.07, 6.45) is 2.50. The van der Waals surface area contributed by atoms with E-state index in [-0.39, 0.29) is 5.56 Å². The Morgan fingerprint density at radius 3 is 2.89 bits per heavy atom. The summed E-state index contributed by atoms with van der Waals surface area (Å²) < 4.78 is 7.19.